The number of thioether (sulfide) groups is 1. The third kappa shape index (κ3) is 4.44. The Morgan fingerprint density at radius 3 is 2.48 bits per heavy atom. The highest BCUT2D eigenvalue weighted by molar-refractivity contribution is 8.00. The van der Waals surface area contributed by atoms with Gasteiger partial charge in [-0.15, -0.1) is 0 Å². The van der Waals surface area contributed by atoms with Gasteiger partial charge >= 0.3 is 0 Å². The minimum Gasteiger partial charge on any atom is -0.368 e. The van der Waals surface area contributed by atoms with E-state index in [0.29, 0.717) is 41.5 Å². The van der Waals surface area contributed by atoms with Crippen LogP contribution in [0.2, 0.25) is 0 Å². The molecular weight excluding hydrogens is 414 g/mol. The summed E-state index contributed by atoms with van der Waals surface area (Å²) in [7, 11) is 1.72. The molecule has 1 aliphatic rings. The van der Waals surface area contributed by atoms with Gasteiger partial charge in [0.1, 0.15) is 28.2 Å². The lowest BCUT2D eigenvalue weighted by atomic mass is 10.0. The molecule has 2 amide bonds. The minimum atomic E-state index is -0.790. The highest BCUT2D eigenvalue weighted by Crippen LogP contribution is 2.39. The molecule has 1 atom stereocenters. The molecule has 1 unspecified atom stereocenters. The number of anilines is 1. The average Bonchev–Trinajstić information content (AvgIpc) is 2.78. The smallest absolute Gasteiger partial charge is 0.241 e. The number of aromatic nitrogens is 2. The van der Waals surface area contributed by atoms with Crippen molar-refractivity contribution in [2.24, 2.45) is 5.73 Å². The van der Waals surface area contributed by atoms with E-state index in [-0.39, 0.29) is 23.6 Å². The Morgan fingerprint density at radius 1 is 1.26 bits per heavy atom. The topological polar surface area (TPSA) is 140 Å². The summed E-state index contributed by atoms with van der Waals surface area (Å²) >= 11 is 1.06. The first-order valence-corrected chi connectivity index (χ1v) is 10.5. The Labute approximate surface area is 184 Å². The fourth-order valence-electron chi connectivity index (χ4n) is 3.38. The molecule has 3 rings (SSSR count). The Balaban J connectivity index is 2.13. The maximum atomic E-state index is 12.2. The van der Waals surface area contributed by atoms with Crippen LogP contribution in [0, 0.1) is 22.7 Å². The van der Waals surface area contributed by atoms with E-state index >= 15 is 0 Å². The molecule has 0 aromatic carbocycles. The van der Waals surface area contributed by atoms with E-state index in [1.165, 1.54) is 0 Å². The molecule has 31 heavy (non-hydrogen) atoms. The van der Waals surface area contributed by atoms with Crippen molar-refractivity contribution in [1.82, 2.24) is 14.9 Å². The van der Waals surface area contributed by atoms with Crippen LogP contribution in [0.25, 0.3) is 0 Å². The molecule has 2 N–H and O–H groups in total. The van der Waals surface area contributed by atoms with Crippen molar-refractivity contribution in [3.8, 4) is 12.1 Å². The molecule has 9 nitrogen and oxygen atoms in total. The van der Waals surface area contributed by atoms with Gasteiger partial charge < -0.3 is 15.5 Å². The van der Waals surface area contributed by atoms with Crippen molar-refractivity contribution < 1.29 is 9.59 Å². The van der Waals surface area contributed by atoms with Gasteiger partial charge in [-0.05, 0) is 29.7 Å². The van der Waals surface area contributed by atoms with Gasteiger partial charge in [-0.1, -0.05) is 18.7 Å². The normalized spacial score (nSPS) is 14.6. The third-order valence-corrected chi connectivity index (χ3v) is 6.34. The van der Waals surface area contributed by atoms with Gasteiger partial charge in [0.2, 0.25) is 11.8 Å². The molecule has 0 saturated carbocycles. The van der Waals surface area contributed by atoms with Crippen LogP contribution in [0.1, 0.15) is 34.4 Å². The summed E-state index contributed by atoms with van der Waals surface area (Å²) in [4.78, 5) is 36.4. The summed E-state index contributed by atoms with van der Waals surface area (Å²) in [5.41, 5.74) is 7.35. The van der Waals surface area contributed by atoms with Gasteiger partial charge in [0.05, 0.1) is 17.7 Å². The summed E-state index contributed by atoms with van der Waals surface area (Å²) in [5, 5.41) is 19.2. The molecule has 158 valence electrons. The van der Waals surface area contributed by atoms with Crippen LogP contribution < -0.4 is 10.6 Å². The SMILES string of the molecule is CCc1c(C#N)c(SC(C(N)=O)c2ccncc2)nc(N2CCN(C)C(=O)C2)c1C#N. The van der Waals surface area contributed by atoms with Gasteiger partial charge in [-0.25, -0.2) is 4.98 Å². The number of pyridine rings is 2. The Bertz CT molecular complexity index is 1090. The van der Waals surface area contributed by atoms with E-state index in [4.69, 9.17) is 5.73 Å². The standard InChI is InChI=1S/C21H21N7O2S/c1-3-14-15(10-22)20(28-9-8-27(2)17(29)12-28)26-21(16(14)11-23)31-18(19(24)30)13-4-6-25-7-5-13/h4-7,18H,3,8-9,12H2,1-2H3,(H2,24,30). The van der Waals surface area contributed by atoms with E-state index in [1.807, 2.05) is 6.92 Å². The summed E-state index contributed by atoms with van der Waals surface area (Å²) in [5.74, 6) is -0.318. The van der Waals surface area contributed by atoms with Gasteiger partial charge in [-0.2, -0.15) is 10.5 Å². The van der Waals surface area contributed by atoms with Crippen LogP contribution in [0.5, 0.6) is 0 Å². The van der Waals surface area contributed by atoms with Gasteiger partial charge in [0, 0.05) is 32.5 Å². The van der Waals surface area contributed by atoms with Crippen LogP contribution in [0.15, 0.2) is 29.6 Å². The number of rotatable bonds is 6. The van der Waals surface area contributed by atoms with E-state index in [9.17, 15) is 20.1 Å². The monoisotopic (exact) mass is 435 g/mol. The van der Waals surface area contributed by atoms with Crippen molar-refractivity contribution in [2.75, 3.05) is 31.6 Å². The van der Waals surface area contributed by atoms with E-state index < -0.39 is 11.2 Å². The number of amides is 2. The number of nitriles is 2. The van der Waals surface area contributed by atoms with Crippen molar-refractivity contribution in [2.45, 2.75) is 23.6 Å². The molecule has 1 aliphatic heterocycles. The summed E-state index contributed by atoms with van der Waals surface area (Å²) < 4.78 is 0. The van der Waals surface area contributed by atoms with Gasteiger partial charge in [0.25, 0.3) is 0 Å². The second-order valence-electron chi connectivity index (χ2n) is 6.96. The Morgan fingerprint density at radius 2 is 1.94 bits per heavy atom. The van der Waals surface area contributed by atoms with E-state index in [2.05, 4.69) is 22.1 Å². The number of carbonyl (C=O) groups excluding carboxylic acids is 2. The first-order valence-electron chi connectivity index (χ1n) is 9.63. The zero-order valence-corrected chi connectivity index (χ0v) is 18.0. The van der Waals surface area contributed by atoms with Crippen LogP contribution in [-0.2, 0) is 16.0 Å². The van der Waals surface area contributed by atoms with Gasteiger partial charge in [0.15, 0.2) is 0 Å². The number of hydrogen-bond donors (Lipinski definition) is 1. The lowest BCUT2D eigenvalue weighted by Gasteiger charge is -2.33. The quantitative estimate of drug-likeness (QED) is 0.671. The number of nitrogens with two attached hydrogens (primary N) is 1. The zero-order chi connectivity index (χ0) is 22.5. The van der Waals surface area contributed by atoms with Crippen molar-refractivity contribution >= 4 is 29.4 Å². The van der Waals surface area contributed by atoms with E-state index in [1.54, 1.807) is 41.4 Å². The summed E-state index contributed by atoms with van der Waals surface area (Å²) in [6, 6.07) is 7.66. The first kappa shape index (κ1) is 22.1. The lowest BCUT2D eigenvalue weighted by Crippen LogP contribution is -2.49. The largest absolute Gasteiger partial charge is 0.368 e. The maximum Gasteiger partial charge on any atom is 0.241 e. The molecular formula is C21H21N7O2S. The predicted octanol–water partition coefficient (Wildman–Crippen LogP) is 1.38. The number of nitrogens with zero attached hydrogens (tertiary/aromatic N) is 6. The first-order chi connectivity index (χ1) is 14.9. The molecule has 1 fully saturated rings. The van der Waals surface area contributed by atoms with Crippen LogP contribution in [-0.4, -0.2) is 53.4 Å². The molecule has 0 bridgehead atoms. The molecule has 0 aliphatic carbocycles. The minimum absolute atomic E-state index is 0.0830. The fourth-order valence-corrected chi connectivity index (χ4v) is 4.44. The predicted molar refractivity (Wildman–Crippen MR) is 115 cm³/mol. The second kappa shape index (κ2) is 9.45. The molecule has 1 saturated heterocycles. The Kier molecular flexibility index (Phi) is 6.73. The number of likely N-dealkylation sites (N-methyl/N-ethyl adjacent to an activating group) is 1. The maximum absolute atomic E-state index is 12.2. The van der Waals surface area contributed by atoms with Crippen molar-refractivity contribution in [1.29, 1.82) is 10.5 Å². The number of piperazine rings is 1. The summed E-state index contributed by atoms with van der Waals surface area (Å²) in [6.45, 7) is 2.93. The number of hydrogen-bond acceptors (Lipinski definition) is 8. The Hall–Kier alpha value is -3.63. The fraction of sp³-hybridized carbons (Fsp3) is 0.333. The highest BCUT2D eigenvalue weighted by Gasteiger charge is 2.30. The van der Waals surface area contributed by atoms with Crippen LogP contribution in [0.3, 0.4) is 0 Å². The van der Waals surface area contributed by atoms with Crippen molar-refractivity contribution in [3.63, 3.8) is 0 Å². The number of carbonyl (C=O) groups is 2. The lowest BCUT2D eigenvalue weighted by molar-refractivity contribution is -0.129. The molecule has 2 aromatic heterocycles. The van der Waals surface area contributed by atoms with Crippen LogP contribution in [0.4, 0.5) is 5.82 Å². The molecule has 0 radical (unpaired) electrons. The molecule has 3 heterocycles. The third-order valence-electron chi connectivity index (χ3n) is 5.08. The molecule has 2 aromatic rings. The van der Waals surface area contributed by atoms with Crippen molar-refractivity contribution in [3.05, 3.63) is 46.8 Å². The average molecular weight is 436 g/mol. The second-order valence-corrected chi connectivity index (χ2v) is 8.06. The zero-order valence-electron chi connectivity index (χ0n) is 17.2. The van der Waals surface area contributed by atoms with Gasteiger partial charge in [-0.3, -0.25) is 14.6 Å². The number of primary amides is 1. The highest BCUT2D eigenvalue weighted by atomic mass is 32.2. The van der Waals surface area contributed by atoms with E-state index in [0.717, 1.165) is 11.8 Å². The molecule has 10 heteroatoms. The van der Waals surface area contributed by atoms with Crippen LogP contribution >= 0.6 is 11.8 Å². The summed E-state index contributed by atoms with van der Waals surface area (Å²) in [6.07, 6.45) is 3.54. The molecule has 0 spiro atoms.